The maximum atomic E-state index is 12.6. The number of hydrogen-bond donors (Lipinski definition) is 0. The van der Waals surface area contributed by atoms with Gasteiger partial charge in [0.2, 0.25) is 0 Å². The summed E-state index contributed by atoms with van der Waals surface area (Å²) in [5.74, 6) is 0. The quantitative estimate of drug-likeness (QED) is 0.379. The average molecular weight is 403 g/mol. The summed E-state index contributed by atoms with van der Waals surface area (Å²) in [5.41, 5.74) is 1.46. The second-order valence-corrected chi connectivity index (χ2v) is 6.92. The standard InChI is InChI=1S/C15H7BrN4O3S/c16-9-6-11-13(17-7-9)19-14(21)12(24-15(19)18-11)5-8-2-1-3-10(4-8)20(22)23/h1-7H/b12-5-. The lowest BCUT2D eigenvalue weighted by atomic mass is 10.2. The minimum absolute atomic E-state index is 0.0190. The number of pyridine rings is 1. The fourth-order valence-electron chi connectivity index (χ4n) is 2.39. The van der Waals surface area contributed by atoms with E-state index in [0.29, 0.717) is 26.2 Å². The molecule has 7 nitrogen and oxygen atoms in total. The Balaban J connectivity index is 1.95. The third-order valence-electron chi connectivity index (χ3n) is 3.43. The molecule has 3 heterocycles. The smallest absolute Gasteiger partial charge is 0.267 e. The third-order valence-corrected chi connectivity index (χ3v) is 4.83. The van der Waals surface area contributed by atoms with Crippen LogP contribution in [0.1, 0.15) is 5.56 Å². The first-order valence-corrected chi connectivity index (χ1v) is 8.36. The van der Waals surface area contributed by atoms with Gasteiger partial charge in [-0.2, -0.15) is 0 Å². The zero-order valence-corrected chi connectivity index (χ0v) is 14.2. The summed E-state index contributed by atoms with van der Waals surface area (Å²) in [7, 11) is 0. The molecule has 0 amide bonds. The van der Waals surface area contributed by atoms with Crippen LogP contribution in [0.4, 0.5) is 5.69 Å². The molecule has 24 heavy (non-hydrogen) atoms. The molecule has 0 aliphatic heterocycles. The molecule has 4 aromatic rings. The number of non-ortho nitro benzene ring substituents is 1. The lowest BCUT2D eigenvalue weighted by molar-refractivity contribution is -0.384. The molecule has 0 fully saturated rings. The van der Waals surface area contributed by atoms with Crippen LogP contribution < -0.4 is 10.1 Å². The Kier molecular flexibility index (Phi) is 3.39. The second kappa shape index (κ2) is 5.46. The molecule has 4 rings (SSSR count). The van der Waals surface area contributed by atoms with E-state index in [0.717, 1.165) is 4.47 Å². The summed E-state index contributed by atoms with van der Waals surface area (Å²) in [4.78, 5) is 32.2. The Morgan fingerprint density at radius 3 is 2.96 bits per heavy atom. The highest BCUT2D eigenvalue weighted by Crippen LogP contribution is 2.18. The number of benzene rings is 1. The summed E-state index contributed by atoms with van der Waals surface area (Å²) >= 11 is 4.55. The van der Waals surface area contributed by atoms with Crippen molar-refractivity contribution in [3.63, 3.8) is 0 Å². The van der Waals surface area contributed by atoms with Crippen LogP contribution >= 0.6 is 27.3 Å². The molecule has 0 bridgehead atoms. The molecule has 0 N–H and O–H groups in total. The first kappa shape index (κ1) is 14.9. The van der Waals surface area contributed by atoms with Crippen molar-refractivity contribution in [2.24, 2.45) is 0 Å². The number of nitro benzene ring substituents is 1. The second-order valence-electron chi connectivity index (χ2n) is 4.99. The number of thiazole rings is 1. The van der Waals surface area contributed by atoms with Crippen molar-refractivity contribution in [1.29, 1.82) is 0 Å². The van der Waals surface area contributed by atoms with Crippen molar-refractivity contribution in [2.45, 2.75) is 0 Å². The van der Waals surface area contributed by atoms with Gasteiger partial charge in [0, 0.05) is 22.8 Å². The molecule has 0 unspecified atom stereocenters. The van der Waals surface area contributed by atoms with Crippen molar-refractivity contribution in [2.75, 3.05) is 0 Å². The number of aromatic nitrogens is 3. The Morgan fingerprint density at radius 2 is 2.17 bits per heavy atom. The molecule has 0 saturated carbocycles. The molecule has 0 atom stereocenters. The van der Waals surface area contributed by atoms with E-state index >= 15 is 0 Å². The number of nitrogens with zero attached hydrogens (tertiary/aromatic N) is 4. The minimum atomic E-state index is -0.466. The van der Waals surface area contributed by atoms with Gasteiger partial charge in [-0.3, -0.25) is 14.9 Å². The zero-order chi connectivity index (χ0) is 16.8. The van der Waals surface area contributed by atoms with Gasteiger partial charge < -0.3 is 0 Å². The van der Waals surface area contributed by atoms with Crippen LogP contribution in [0.15, 0.2) is 45.8 Å². The van der Waals surface area contributed by atoms with Gasteiger partial charge in [-0.25, -0.2) is 14.4 Å². The van der Waals surface area contributed by atoms with E-state index in [2.05, 4.69) is 25.9 Å². The van der Waals surface area contributed by atoms with E-state index in [1.54, 1.807) is 30.5 Å². The Hall–Kier alpha value is -2.65. The van der Waals surface area contributed by atoms with Crippen molar-refractivity contribution in [3.05, 3.63) is 71.6 Å². The lowest BCUT2D eigenvalue weighted by Gasteiger charge is -1.93. The van der Waals surface area contributed by atoms with Crippen LogP contribution in [0.5, 0.6) is 0 Å². The fourth-order valence-corrected chi connectivity index (χ4v) is 3.69. The van der Waals surface area contributed by atoms with E-state index in [9.17, 15) is 14.9 Å². The monoisotopic (exact) mass is 402 g/mol. The van der Waals surface area contributed by atoms with Crippen LogP contribution in [0.3, 0.4) is 0 Å². The first-order chi connectivity index (χ1) is 11.5. The molecule has 0 saturated heterocycles. The van der Waals surface area contributed by atoms with Gasteiger partial charge in [-0.1, -0.05) is 23.5 Å². The summed E-state index contributed by atoms with van der Waals surface area (Å²) in [6.07, 6.45) is 3.23. The van der Waals surface area contributed by atoms with E-state index in [4.69, 9.17) is 0 Å². The number of hydrogen-bond acceptors (Lipinski definition) is 6. The first-order valence-electron chi connectivity index (χ1n) is 6.75. The van der Waals surface area contributed by atoms with Crippen molar-refractivity contribution in [1.82, 2.24) is 14.4 Å². The summed E-state index contributed by atoms with van der Waals surface area (Å²) < 4.78 is 2.69. The van der Waals surface area contributed by atoms with Crippen LogP contribution in [0, 0.1) is 10.1 Å². The molecule has 0 aliphatic rings. The lowest BCUT2D eigenvalue weighted by Crippen LogP contribution is -2.22. The highest BCUT2D eigenvalue weighted by Gasteiger charge is 2.13. The van der Waals surface area contributed by atoms with Crippen LogP contribution in [-0.2, 0) is 0 Å². The van der Waals surface area contributed by atoms with Crippen molar-refractivity contribution < 1.29 is 4.92 Å². The third kappa shape index (κ3) is 2.38. The zero-order valence-electron chi connectivity index (χ0n) is 11.8. The normalized spacial score (nSPS) is 12.3. The SMILES string of the molecule is O=c1/c(=C/c2cccc([N+](=O)[O-])c2)sc2nc3cc(Br)cnc3n12. The van der Waals surface area contributed by atoms with Gasteiger partial charge in [0.25, 0.3) is 11.2 Å². The molecule has 118 valence electrons. The van der Waals surface area contributed by atoms with Crippen molar-refractivity contribution >= 4 is 55.2 Å². The summed E-state index contributed by atoms with van der Waals surface area (Å²) in [6, 6.07) is 7.93. The predicted octanol–water partition coefficient (Wildman–Crippen LogP) is 2.52. The number of fused-ring (bicyclic) bond motifs is 3. The van der Waals surface area contributed by atoms with Gasteiger partial charge in [0.15, 0.2) is 10.6 Å². The number of nitro groups is 1. The Morgan fingerprint density at radius 1 is 1.33 bits per heavy atom. The molecule has 0 radical (unpaired) electrons. The van der Waals surface area contributed by atoms with E-state index in [1.807, 2.05) is 0 Å². The highest BCUT2D eigenvalue weighted by atomic mass is 79.9. The maximum absolute atomic E-state index is 12.6. The number of rotatable bonds is 2. The van der Waals surface area contributed by atoms with Crippen molar-refractivity contribution in [3.8, 4) is 0 Å². The fraction of sp³-hybridized carbons (Fsp3) is 0. The number of halogens is 1. The molecule has 0 spiro atoms. The molecular formula is C15H7BrN4O3S. The average Bonchev–Trinajstić information content (AvgIpc) is 3.04. The summed E-state index contributed by atoms with van der Waals surface area (Å²) in [5, 5.41) is 10.9. The minimum Gasteiger partial charge on any atom is -0.267 e. The van der Waals surface area contributed by atoms with Gasteiger partial charge in [-0.15, -0.1) is 0 Å². The highest BCUT2D eigenvalue weighted by molar-refractivity contribution is 9.10. The van der Waals surface area contributed by atoms with E-state index in [-0.39, 0.29) is 11.2 Å². The van der Waals surface area contributed by atoms with Crippen LogP contribution in [0.25, 0.3) is 22.2 Å². The van der Waals surface area contributed by atoms with E-state index in [1.165, 1.54) is 27.9 Å². The Bertz CT molecular complexity index is 1230. The molecule has 1 aromatic carbocycles. The van der Waals surface area contributed by atoms with E-state index < -0.39 is 4.92 Å². The summed E-state index contributed by atoms with van der Waals surface area (Å²) in [6.45, 7) is 0. The largest absolute Gasteiger partial charge is 0.276 e. The van der Waals surface area contributed by atoms with Gasteiger partial charge >= 0.3 is 0 Å². The number of imidazole rings is 1. The molecular weight excluding hydrogens is 396 g/mol. The molecule has 3 aromatic heterocycles. The van der Waals surface area contributed by atoms with Crippen LogP contribution in [-0.4, -0.2) is 19.3 Å². The van der Waals surface area contributed by atoms with Gasteiger partial charge in [0.1, 0.15) is 5.52 Å². The van der Waals surface area contributed by atoms with Gasteiger partial charge in [-0.05, 0) is 33.6 Å². The Labute approximate surface area is 146 Å². The predicted molar refractivity (Wildman–Crippen MR) is 94.2 cm³/mol. The van der Waals surface area contributed by atoms with Gasteiger partial charge in [0.05, 0.1) is 9.46 Å². The maximum Gasteiger partial charge on any atom is 0.276 e. The van der Waals surface area contributed by atoms with Crippen LogP contribution in [0.2, 0.25) is 0 Å². The molecule has 9 heteroatoms. The molecule has 0 aliphatic carbocycles. The topological polar surface area (TPSA) is 90.4 Å².